The van der Waals surface area contributed by atoms with Gasteiger partial charge in [-0.25, -0.2) is 0 Å². The Hall–Kier alpha value is -2.43. The summed E-state index contributed by atoms with van der Waals surface area (Å²) in [6.45, 7) is 3.48. The van der Waals surface area contributed by atoms with E-state index < -0.39 is 0 Å². The van der Waals surface area contributed by atoms with Crippen molar-refractivity contribution >= 4 is 16.6 Å². The van der Waals surface area contributed by atoms with E-state index in [0.717, 1.165) is 16.3 Å². The first-order valence-electron chi connectivity index (χ1n) is 6.57. The van der Waals surface area contributed by atoms with Crippen LogP contribution in [0.2, 0.25) is 0 Å². The first kappa shape index (κ1) is 13.5. The molecule has 0 bridgehead atoms. The predicted octanol–water partition coefficient (Wildman–Crippen LogP) is 3.10. The molecule has 0 unspecified atom stereocenters. The summed E-state index contributed by atoms with van der Waals surface area (Å²) in [4.78, 5) is 11.9. The zero-order valence-corrected chi connectivity index (χ0v) is 12.4. The summed E-state index contributed by atoms with van der Waals surface area (Å²) in [5.41, 5.74) is 1.42. The number of Topliss-reactive ketones (excluding diaryl/α,β-unsaturated/α-hetero) is 1. The van der Waals surface area contributed by atoms with Crippen LogP contribution in [-0.4, -0.2) is 26.8 Å². The van der Waals surface area contributed by atoms with Gasteiger partial charge >= 0.3 is 0 Å². The Morgan fingerprint density at radius 3 is 2.57 bits per heavy atom. The topological polar surface area (TPSA) is 54.0 Å². The number of ketones is 1. The summed E-state index contributed by atoms with van der Waals surface area (Å²) in [6, 6.07) is 3.66. The summed E-state index contributed by atoms with van der Waals surface area (Å²) in [5, 5.41) is 1.55. The number of ether oxygens (including phenoxy) is 4. The Morgan fingerprint density at radius 2 is 1.95 bits per heavy atom. The van der Waals surface area contributed by atoms with Crippen molar-refractivity contribution in [3.05, 3.63) is 23.3 Å². The van der Waals surface area contributed by atoms with Gasteiger partial charge in [-0.3, -0.25) is 4.79 Å². The van der Waals surface area contributed by atoms with E-state index in [1.807, 2.05) is 13.0 Å². The van der Waals surface area contributed by atoms with E-state index >= 15 is 0 Å². The van der Waals surface area contributed by atoms with Gasteiger partial charge in [0, 0.05) is 11.5 Å². The lowest BCUT2D eigenvalue weighted by molar-refractivity contribution is 0.0973. The van der Waals surface area contributed by atoms with Crippen molar-refractivity contribution in [2.24, 2.45) is 0 Å². The molecule has 5 heteroatoms. The molecule has 2 aromatic carbocycles. The maximum absolute atomic E-state index is 11.9. The summed E-state index contributed by atoms with van der Waals surface area (Å²) in [6.07, 6.45) is 0. The number of carbonyl (C=O) groups is 1. The highest BCUT2D eigenvalue weighted by Gasteiger charge is 2.26. The van der Waals surface area contributed by atoms with E-state index in [9.17, 15) is 4.79 Å². The van der Waals surface area contributed by atoms with Gasteiger partial charge in [0.15, 0.2) is 17.3 Å². The Labute approximate surface area is 122 Å². The van der Waals surface area contributed by atoms with Crippen LogP contribution < -0.4 is 18.9 Å². The lowest BCUT2D eigenvalue weighted by Crippen LogP contribution is -2.15. The predicted molar refractivity (Wildman–Crippen MR) is 77.9 cm³/mol. The van der Waals surface area contributed by atoms with Crippen molar-refractivity contribution in [3.63, 3.8) is 0 Å². The molecule has 1 aliphatic heterocycles. The third kappa shape index (κ3) is 1.88. The number of rotatable bonds is 3. The first-order chi connectivity index (χ1) is 10.1. The van der Waals surface area contributed by atoms with Gasteiger partial charge in [0.25, 0.3) is 0 Å². The quantitative estimate of drug-likeness (QED) is 0.812. The van der Waals surface area contributed by atoms with Crippen molar-refractivity contribution in [2.45, 2.75) is 13.8 Å². The van der Waals surface area contributed by atoms with Crippen LogP contribution in [0.15, 0.2) is 12.1 Å². The number of benzene rings is 2. The fraction of sp³-hybridized carbons (Fsp3) is 0.312. The van der Waals surface area contributed by atoms with Crippen LogP contribution in [-0.2, 0) is 0 Å². The second kappa shape index (κ2) is 4.84. The standard InChI is InChI=1S/C16H16O5/c1-8-5-10-14-11(6-12(18-3)15(10)19-4)20-7-21-16(14)13(8)9(2)17/h5-6H,7H2,1-4H3. The fourth-order valence-electron chi connectivity index (χ4n) is 2.81. The van der Waals surface area contributed by atoms with Crippen LogP contribution in [0.4, 0.5) is 0 Å². The van der Waals surface area contributed by atoms with Crippen molar-refractivity contribution < 1.29 is 23.7 Å². The smallest absolute Gasteiger partial charge is 0.230 e. The van der Waals surface area contributed by atoms with E-state index in [1.54, 1.807) is 20.3 Å². The van der Waals surface area contributed by atoms with Crippen LogP contribution in [0.3, 0.4) is 0 Å². The Morgan fingerprint density at radius 1 is 1.19 bits per heavy atom. The average molecular weight is 288 g/mol. The van der Waals surface area contributed by atoms with Crippen LogP contribution in [0.25, 0.3) is 10.8 Å². The molecule has 5 nitrogen and oxygen atoms in total. The van der Waals surface area contributed by atoms with Gasteiger partial charge in [0.05, 0.1) is 25.2 Å². The molecular formula is C16H16O5. The number of hydrogen-bond acceptors (Lipinski definition) is 5. The van der Waals surface area contributed by atoms with Gasteiger partial charge < -0.3 is 18.9 Å². The van der Waals surface area contributed by atoms with Gasteiger partial charge in [-0.2, -0.15) is 0 Å². The maximum atomic E-state index is 11.9. The van der Waals surface area contributed by atoms with E-state index in [0.29, 0.717) is 28.6 Å². The normalized spacial score (nSPS) is 12.6. The molecule has 1 heterocycles. The number of methoxy groups -OCH3 is 2. The zero-order valence-electron chi connectivity index (χ0n) is 12.4. The molecular weight excluding hydrogens is 272 g/mol. The minimum atomic E-state index is -0.0352. The van der Waals surface area contributed by atoms with E-state index in [2.05, 4.69) is 0 Å². The van der Waals surface area contributed by atoms with E-state index in [1.165, 1.54) is 6.92 Å². The molecule has 0 fully saturated rings. The molecule has 21 heavy (non-hydrogen) atoms. The van der Waals surface area contributed by atoms with Gasteiger partial charge in [-0.15, -0.1) is 0 Å². The molecule has 1 aliphatic rings. The third-order valence-electron chi connectivity index (χ3n) is 3.65. The van der Waals surface area contributed by atoms with Gasteiger partial charge in [0.1, 0.15) is 11.5 Å². The van der Waals surface area contributed by atoms with Gasteiger partial charge in [0.2, 0.25) is 6.79 Å². The highest BCUT2D eigenvalue weighted by molar-refractivity contribution is 6.09. The zero-order chi connectivity index (χ0) is 15.1. The molecule has 0 spiro atoms. The second-order valence-corrected chi connectivity index (χ2v) is 4.89. The summed E-state index contributed by atoms with van der Waals surface area (Å²) >= 11 is 0. The van der Waals surface area contributed by atoms with Crippen molar-refractivity contribution in [1.29, 1.82) is 0 Å². The monoisotopic (exact) mass is 288 g/mol. The molecule has 0 aliphatic carbocycles. The molecule has 0 N–H and O–H groups in total. The highest BCUT2D eigenvalue weighted by atomic mass is 16.7. The second-order valence-electron chi connectivity index (χ2n) is 4.89. The molecule has 0 saturated carbocycles. The van der Waals surface area contributed by atoms with Crippen molar-refractivity contribution in [1.82, 2.24) is 0 Å². The van der Waals surface area contributed by atoms with Crippen molar-refractivity contribution in [3.8, 4) is 23.0 Å². The summed E-state index contributed by atoms with van der Waals surface area (Å²) in [5.74, 6) is 2.34. The maximum Gasteiger partial charge on any atom is 0.230 e. The molecule has 0 amide bonds. The number of hydrogen-bond donors (Lipinski definition) is 0. The lowest BCUT2D eigenvalue weighted by Gasteiger charge is -2.24. The first-order valence-corrected chi connectivity index (χ1v) is 6.57. The van der Waals surface area contributed by atoms with Gasteiger partial charge in [-0.05, 0) is 25.5 Å². The minimum Gasteiger partial charge on any atom is -0.493 e. The minimum absolute atomic E-state index is 0.0352. The average Bonchev–Trinajstić information content (AvgIpc) is 2.46. The lowest BCUT2D eigenvalue weighted by atomic mass is 9.96. The molecule has 110 valence electrons. The Balaban J connectivity index is 2.50. The molecule has 2 aromatic rings. The van der Waals surface area contributed by atoms with Crippen LogP contribution in [0.1, 0.15) is 22.8 Å². The Bertz CT molecular complexity index is 748. The SMILES string of the molecule is COc1cc2c3c(c(C(C)=O)c(C)cc3c1OC)OCO2. The molecule has 0 atom stereocenters. The third-order valence-corrected chi connectivity index (χ3v) is 3.65. The molecule has 0 radical (unpaired) electrons. The Kier molecular flexibility index (Phi) is 3.12. The van der Waals surface area contributed by atoms with Crippen LogP contribution >= 0.6 is 0 Å². The molecule has 0 aromatic heterocycles. The number of carbonyl (C=O) groups excluding carboxylic acids is 1. The van der Waals surface area contributed by atoms with E-state index in [-0.39, 0.29) is 12.6 Å². The summed E-state index contributed by atoms with van der Waals surface area (Å²) < 4.78 is 22.0. The van der Waals surface area contributed by atoms with Gasteiger partial charge in [-0.1, -0.05) is 0 Å². The fourth-order valence-corrected chi connectivity index (χ4v) is 2.81. The van der Waals surface area contributed by atoms with Crippen molar-refractivity contribution in [2.75, 3.05) is 21.0 Å². The van der Waals surface area contributed by atoms with E-state index in [4.69, 9.17) is 18.9 Å². The number of aryl methyl sites for hydroxylation is 1. The largest absolute Gasteiger partial charge is 0.493 e. The van der Waals surface area contributed by atoms with Crippen LogP contribution in [0.5, 0.6) is 23.0 Å². The molecule has 3 rings (SSSR count). The molecule has 0 saturated heterocycles. The summed E-state index contributed by atoms with van der Waals surface area (Å²) in [7, 11) is 3.16. The highest BCUT2D eigenvalue weighted by Crippen LogP contribution is 2.48. The van der Waals surface area contributed by atoms with Crippen LogP contribution in [0, 0.1) is 6.92 Å².